The van der Waals surface area contributed by atoms with Crippen molar-refractivity contribution in [3.63, 3.8) is 0 Å². The maximum atomic E-state index is 12.6. The van der Waals surface area contributed by atoms with Gasteiger partial charge in [-0.05, 0) is 12.8 Å². The number of nitrogens with zero attached hydrogens (tertiary/aromatic N) is 1. The molecule has 0 radical (unpaired) electrons. The van der Waals surface area contributed by atoms with Crippen LogP contribution in [0.25, 0.3) is 0 Å². The molecule has 9 heteroatoms. The van der Waals surface area contributed by atoms with Crippen LogP contribution in [-0.2, 0) is 19.7 Å². The Kier molecular flexibility index (Phi) is 9.31. The van der Waals surface area contributed by atoms with Crippen LogP contribution in [0.4, 0.5) is 4.39 Å². The highest BCUT2D eigenvalue weighted by Gasteiger charge is 2.26. The summed E-state index contributed by atoms with van der Waals surface area (Å²) in [6.07, 6.45) is 4.72. The summed E-state index contributed by atoms with van der Waals surface area (Å²) in [7, 11) is -4.46. The minimum atomic E-state index is -4.46. The highest BCUT2D eigenvalue weighted by Crippen LogP contribution is 2.12. The molecule has 1 heterocycles. The Balaban J connectivity index is 0.000000423. The number of unbranched alkanes of at least 4 members (excludes halogenated alkanes) is 4. The largest absolute Gasteiger partial charge is 0.297 e. The fraction of sp³-hybridized carbons (Fsp3) is 0.833. The molecule has 1 rings (SSSR count). The molecule has 0 spiro atoms. The van der Waals surface area contributed by atoms with Crippen LogP contribution in [0, 0.1) is 0 Å². The number of imide groups is 1. The van der Waals surface area contributed by atoms with Gasteiger partial charge in [0.15, 0.2) is 0 Å². The van der Waals surface area contributed by atoms with E-state index in [1.54, 1.807) is 0 Å². The summed E-state index contributed by atoms with van der Waals surface area (Å²) in [6.45, 7) is 2.07. The van der Waals surface area contributed by atoms with Gasteiger partial charge in [0, 0.05) is 12.8 Å². The zero-order valence-electron chi connectivity index (χ0n) is 12.0. The van der Waals surface area contributed by atoms with E-state index < -0.39 is 27.4 Å². The van der Waals surface area contributed by atoms with Crippen molar-refractivity contribution in [2.24, 2.45) is 0 Å². The summed E-state index contributed by atoms with van der Waals surface area (Å²) in [6, 6.07) is 0. The summed E-state index contributed by atoms with van der Waals surface area (Å²) < 4.78 is 41.3. The zero-order chi connectivity index (χ0) is 16.5. The van der Waals surface area contributed by atoms with Crippen molar-refractivity contribution < 1.29 is 32.2 Å². The van der Waals surface area contributed by atoms with E-state index in [9.17, 15) is 22.4 Å². The fourth-order valence-electron chi connectivity index (χ4n) is 1.62. The molecule has 1 atom stereocenters. The Labute approximate surface area is 123 Å². The van der Waals surface area contributed by atoms with Gasteiger partial charge in [0.2, 0.25) is 5.50 Å². The zero-order valence-corrected chi connectivity index (χ0v) is 12.8. The molecule has 0 aromatic rings. The number of carbonyl (C=O) groups is 2. The molecule has 0 aromatic heterocycles. The second-order valence-corrected chi connectivity index (χ2v) is 6.27. The van der Waals surface area contributed by atoms with Crippen LogP contribution in [0.1, 0.15) is 58.3 Å². The predicted octanol–water partition coefficient (Wildman–Crippen LogP) is 2.05. The third-order valence-corrected chi connectivity index (χ3v) is 3.77. The average molecular weight is 327 g/mol. The van der Waals surface area contributed by atoms with Gasteiger partial charge in [0.05, 0.1) is 0 Å². The number of hydrogen-bond donors (Lipinski definition) is 2. The Bertz CT molecular complexity index is 423. The monoisotopic (exact) mass is 327 g/mol. The quantitative estimate of drug-likeness (QED) is 0.320. The lowest BCUT2D eigenvalue weighted by Gasteiger charge is -2.03. The highest BCUT2D eigenvalue weighted by atomic mass is 32.2. The number of amides is 2. The summed E-state index contributed by atoms with van der Waals surface area (Å²) >= 11 is 0. The minimum absolute atomic E-state index is 0.0947. The number of rotatable bonds is 7. The van der Waals surface area contributed by atoms with Gasteiger partial charge < -0.3 is 0 Å². The van der Waals surface area contributed by atoms with Crippen molar-refractivity contribution in [2.75, 3.05) is 0 Å². The van der Waals surface area contributed by atoms with Gasteiger partial charge in [-0.25, -0.2) is 4.39 Å². The minimum Gasteiger partial charge on any atom is -0.283 e. The lowest BCUT2D eigenvalue weighted by Crippen LogP contribution is -2.24. The van der Waals surface area contributed by atoms with E-state index in [2.05, 4.69) is 6.92 Å². The van der Waals surface area contributed by atoms with Crippen molar-refractivity contribution in [2.45, 2.75) is 63.8 Å². The second-order valence-electron chi connectivity index (χ2n) is 4.73. The summed E-state index contributed by atoms with van der Waals surface area (Å²) in [5.41, 5.74) is -2.10. The molecule has 0 saturated carbocycles. The van der Waals surface area contributed by atoms with Crippen molar-refractivity contribution in [3.05, 3.63) is 0 Å². The van der Waals surface area contributed by atoms with Crippen molar-refractivity contribution >= 4 is 21.9 Å². The maximum absolute atomic E-state index is 12.6. The van der Waals surface area contributed by atoms with Crippen molar-refractivity contribution in [1.29, 1.82) is 0 Å². The Morgan fingerprint density at radius 3 is 1.95 bits per heavy atom. The SMILES string of the molecule is CCCCCCCC(F)S(=O)(=O)O.O=C1CCC(=O)N1O. The van der Waals surface area contributed by atoms with Crippen LogP contribution in [0.15, 0.2) is 0 Å². The molecule has 1 aliphatic heterocycles. The third-order valence-electron chi connectivity index (χ3n) is 2.88. The van der Waals surface area contributed by atoms with Gasteiger partial charge >= 0.3 is 0 Å². The first-order valence-corrected chi connectivity index (χ1v) is 8.35. The van der Waals surface area contributed by atoms with E-state index >= 15 is 0 Å². The molecule has 0 bridgehead atoms. The lowest BCUT2D eigenvalue weighted by atomic mass is 10.1. The van der Waals surface area contributed by atoms with Gasteiger partial charge in [-0.15, -0.1) is 0 Å². The van der Waals surface area contributed by atoms with Gasteiger partial charge in [0.1, 0.15) is 0 Å². The van der Waals surface area contributed by atoms with E-state index in [1.165, 1.54) is 0 Å². The molecule has 2 N–H and O–H groups in total. The van der Waals surface area contributed by atoms with Crippen LogP contribution in [0.2, 0.25) is 0 Å². The second kappa shape index (κ2) is 9.80. The number of halogens is 1. The number of hydrogen-bond acceptors (Lipinski definition) is 5. The van der Waals surface area contributed by atoms with E-state index in [-0.39, 0.29) is 24.3 Å². The predicted molar refractivity (Wildman–Crippen MR) is 72.7 cm³/mol. The first-order valence-electron chi connectivity index (χ1n) is 6.85. The normalized spacial score (nSPS) is 16.7. The maximum Gasteiger partial charge on any atom is 0.297 e. The molecule has 7 nitrogen and oxygen atoms in total. The van der Waals surface area contributed by atoms with E-state index in [0.29, 0.717) is 6.42 Å². The third kappa shape index (κ3) is 8.74. The molecule has 1 aliphatic rings. The van der Waals surface area contributed by atoms with Crippen LogP contribution in [-0.4, -0.2) is 40.6 Å². The van der Waals surface area contributed by atoms with Crippen LogP contribution >= 0.6 is 0 Å². The Morgan fingerprint density at radius 2 is 1.62 bits per heavy atom. The summed E-state index contributed by atoms with van der Waals surface area (Å²) in [4.78, 5) is 20.5. The number of carbonyl (C=O) groups excluding carboxylic acids is 2. The molecule has 21 heavy (non-hydrogen) atoms. The number of alkyl halides is 1. The van der Waals surface area contributed by atoms with Crippen molar-refractivity contribution in [3.8, 4) is 0 Å². The molecule has 1 fully saturated rings. The summed E-state index contributed by atoms with van der Waals surface area (Å²) in [5, 5.41) is 8.57. The average Bonchev–Trinajstić information content (AvgIpc) is 2.69. The van der Waals surface area contributed by atoms with E-state index in [0.717, 1.165) is 25.7 Å². The molecule has 0 aliphatic carbocycles. The van der Waals surface area contributed by atoms with Gasteiger partial charge in [0.25, 0.3) is 21.9 Å². The highest BCUT2D eigenvalue weighted by molar-refractivity contribution is 7.86. The molecular formula is C12H22FNO6S. The van der Waals surface area contributed by atoms with Crippen LogP contribution < -0.4 is 0 Å². The van der Waals surface area contributed by atoms with Crippen LogP contribution in [0.3, 0.4) is 0 Å². The molecule has 1 saturated heterocycles. The van der Waals surface area contributed by atoms with E-state index in [1.807, 2.05) is 0 Å². The smallest absolute Gasteiger partial charge is 0.283 e. The molecule has 124 valence electrons. The first-order chi connectivity index (χ1) is 9.70. The Morgan fingerprint density at radius 1 is 1.14 bits per heavy atom. The molecule has 2 amide bonds. The van der Waals surface area contributed by atoms with Gasteiger partial charge in [-0.2, -0.15) is 13.5 Å². The Hall–Kier alpha value is -1.06. The lowest BCUT2D eigenvalue weighted by molar-refractivity contribution is -0.171. The van der Waals surface area contributed by atoms with Gasteiger partial charge in [-0.3, -0.25) is 19.3 Å². The standard InChI is InChI=1S/C8H17FO3S.C4H5NO3/c1-2-3-4-5-6-7-8(9)13(10,11)12;6-3-1-2-4(7)5(3)8/h8H,2-7H2,1H3,(H,10,11,12);8H,1-2H2. The van der Waals surface area contributed by atoms with Crippen molar-refractivity contribution in [1.82, 2.24) is 5.06 Å². The molecule has 1 unspecified atom stereocenters. The van der Waals surface area contributed by atoms with E-state index in [4.69, 9.17) is 9.76 Å². The van der Waals surface area contributed by atoms with Gasteiger partial charge in [-0.1, -0.05) is 32.6 Å². The van der Waals surface area contributed by atoms with Crippen LogP contribution in [0.5, 0.6) is 0 Å². The first kappa shape index (κ1) is 19.9. The molecule has 0 aromatic carbocycles. The molecular weight excluding hydrogens is 305 g/mol. The number of hydroxylamine groups is 2. The fourth-order valence-corrected chi connectivity index (χ4v) is 2.09. The summed E-state index contributed by atoms with van der Waals surface area (Å²) in [5.74, 6) is -1.01. The topological polar surface area (TPSA) is 112 Å².